The molecule has 1 aliphatic rings. The van der Waals surface area contributed by atoms with E-state index in [1.807, 2.05) is 0 Å². The quantitative estimate of drug-likeness (QED) is 0.762. The van der Waals surface area contributed by atoms with Gasteiger partial charge in [0.2, 0.25) is 0 Å². The van der Waals surface area contributed by atoms with Gasteiger partial charge in [0.25, 0.3) is 11.8 Å². The zero-order valence-corrected chi connectivity index (χ0v) is 14.8. The van der Waals surface area contributed by atoms with Gasteiger partial charge < -0.3 is 10.6 Å². The summed E-state index contributed by atoms with van der Waals surface area (Å²) in [5.41, 5.74) is 3.52. The number of anilines is 1. The van der Waals surface area contributed by atoms with Crippen molar-refractivity contribution < 1.29 is 14.4 Å². The van der Waals surface area contributed by atoms with Gasteiger partial charge in [0.05, 0.1) is 16.0 Å². The molecule has 0 atom stereocenters. The number of carbonyl (C=O) groups is 3. The van der Waals surface area contributed by atoms with Crippen LogP contribution in [0.4, 0.5) is 5.69 Å². The van der Waals surface area contributed by atoms with Gasteiger partial charge in [-0.15, -0.1) is 11.3 Å². The Bertz CT molecular complexity index is 899. The maximum atomic E-state index is 12.4. The first-order chi connectivity index (χ1) is 12.6. The molecule has 132 valence electrons. The highest BCUT2D eigenvalue weighted by atomic mass is 32.1. The summed E-state index contributed by atoms with van der Waals surface area (Å²) in [4.78, 5) is 44.7. The average molecular weight is 368 g/mol. The van der Waals surface area contributed by atoms with Crippen molar-refractivity contribution in [1.29, 1.82) is 0 Å². The van der Waals surface area contributed by atoms with E-state index in [0.29, 0.717) is 22.6 Å². The standard InChI is InChI=1S/C18H16N4O3S/c1-19-18(25)16-13(6-7-21-16)17(24)22-12-4-2-11(3-5-12)8-14(23)15-9-20-10-26-15/h2-5,7,9-10H,6,8H2,1H3,(H,19,25)(H,22,24). The normalized spacial score (nSPS) is 13.0. The summed E-state index contributed by atoms with van der Waals surface area (Å²) in [5.74, 6) is -0.747. The molecule has 8 heteroatoms. The third-order valence-corrected chi connectivity index (χ3v) is 4.62. The minimum atomic E-state index is -0.388. The van der Waals surface area contributed by atoms with Crippen LogP contribution in [0.25, 0.3) is 0 Å². The van der Waals surface area contributed by atoms with E-state index in [1.54, 1.807) is 36.0 Å². The molecule has 7 nitrogen and oxygen atoms in total. The first-order valence-corrected chi connectivity index (χ1v) is 8.76. The van der Waals surface area contributed by atoms with Crippen molar-refractivity contribution in [3.8, 4) is 0 Å². The van der Waals surface area contributed by atoms with Crippen LogP contribution in [0.1, 0.15) is 21.7 Å². The van der Waals surface area contributed by atoms with Crippen LogP contribution < -0.4 is 10.6 Å². The van der Waals surface area contributed by atoms with Crippen molar-refractivity contribution in [1.82, 2.24) is 10.3 Å². The van der Waals surface area contributed by atoms with Crippen molar-refractivity contribution in [2.45, 2.75) is 12.8 Å². The van der Waals surface area contributed by atoms with E-state index in [2.05, 4.69) is 20.6 Å². The number of carbonyl (C=O) groups excluding carboxylic acids is 3. The molecule has 2 aromatic rings. The van der Waals surface area contributed by atoms with Crippen LogP contribution in [0.2, 0.25) is 0 Å². The number of hydrogen-bond donors (Lipinski definition) is 2. The molecule has 2 heterocycles. The molecule has 26 heavy (non-hydrogen) atoms. The summed E-state index contributed by atoms with van der Waals surface area (Å²) >= 11 is 1.31. The molecule has 0 radical (unpaired) electrons. The third kappa shape index (κ3) is 3.92. The monoisotopic (exact) mass is 368 g/mol. The minimum absolute atomic E-state index is 0.00719. The fourth-order valence-corrected chi connectivity index (χ4v) is 3.02. The SMILES string of the molecule is CNC(=O)C1=C(C(=O)Nc2ccc(CC(=O)c3cncs3)cc2)CC=N1. The fourth-order valence-electron chi connectivity index (χ4n) is 2.46. The number of aromatic nitrogens is 1. The van der Waals surface area contributed by atoms with Gasteiger partial charge in [-0.25, -0.2) is 0 Å². The van der Waals surface area contributed by atoms with E-state index in [9.17, 15) is 14.4 Å². The van der Waals surface area contributed by atoms with Gasteiger partial charge in [0.1, 0.15) is 5.70 Å². The molecule has 0 unspecified atom stereocenters. The Kier molecular flexibility index (Phi) is 5.33. The molecule has 1 aromatic carbocycles. The molecule has 0 saturated heterocycles. The van der Waals surface area contributed by atoms with Crippen LogP contribution in [0.3, 0.4) is 0 Å². The molecular formula is C18H16N4O3S. The fraction of sp³-hybridized carbons (Fsp3) is 0.167. The van der Waals surface area contributed by atoms with Gasteiger partial charge in [0.15, 0.2) is 5.78 Å². The number of nitrogens with one attached hydrogen (secondary N) is 2. The van der Waals surface area contributed by atoms with Crippen molar-refractivity contribution in [3.63, 3.8) is 0 Å². The van der Waals surface area contributed by atoms with Crippen LogP contribution in [-0.2, 0) is 16.0 Å². The number of ketones is 1. The summed E-state index contributed by atoms with van der Waals surface area (Å²) in [6, 6.07) is 7.02. The van der Waals surface area contributed by atoms with Crippen LogP contribution >= 0.6 is 11.3 Å². The molecule has 0 saturated carbocycles. The Morgan fingerprint density at radius 1 is 1.15 bits per heavy atom. The lowest BCUT2D eigenvalue weighted by atomic mass is 10.1. The van der Waals surface area contributed by atoms with E-state index in [4.69, 9.17) is 0 Å². The topological polar surface area (TPSA) is 101 Å². The number of rotatable bonds is 6. The summed E-state index contributed by atoms with van der Waals surface area (Å²) in [6.07, 6.45) is 3.68. The Morgan fingerprint density at radius 3 is 2.58 bits per heavy atom. The van der Waals surface area contributed by atoms with Crippen molar-refractivity contribution >= 4 is 40.8 Å². The average Bonchev–Trinajstić information content (AvgIpc) is 3.34. The Labute approximate surface area is 153 Å². The Morgan fingerprint density at radius 2 is 1.92 bits per heavy atom. The molecule has 2 N–H and O–H groups in total. The largest absolute Gasteiger partial charge is 0.354 e. The van der Waals surface area contributed by atoms with Crippen LogP contribution in [0, 0.1) is 0 Å². The van der Waals surface area contributed by atoms with Gasteiger partial charge >= 0.3 is 0 Å². The van der Waals surface area contributed by atoms with Gasteiger partial charge in [-0.05, 0) is 17.7 Å². The maximum Gasteiger partial charge on any atom is 0.270 e. The molecule has 2 amide bonds. The second-order valence-electron chi connectivity index (χ2n) is 5.54. The number of amides is 2. The van der Waals surface area contributed by atoms with E-state index in [-0.39, 0.29) is 29.7 Å². The summed E-state index contributed by atoms with van der Waals surface area (Å²) in [5, 5.41) is 5.22. The zero-order valence-electron chi connectivity index (χ0n) is 14.0. The molecule has 0 spiro atoms. The lowest BCUT2D eigenvalue weighted by Crippen LogP contribution is -2.23. The van der Waals surface area contributed by atoms with Crippen LogP contribution in [-0.4, -0.2) is 35.8 Å². The Balaban J connectivity index is 1.65. The van der Waals surface area contributed by atoms with E-state index in [0.717, 1.165) is 5.56 Å². The highest BCUT2D eigenvalue weighted by Crippen LogP contribution is 2.19. The second-order valence-corrected chi connectivity index (χ2v) is 6.43. The molecule has 1 aliphatic heterocycles. The second kappa shape index (κ2) is 7.83. The molecule has 0 fully saturated rings. The number of aliphatic imine (C=N–C) groups is 1. The van der Waals surface area contributed by atoms with E-state index in [1.165, 1.54) is 24.6 Å². The number of likely N-dealkylation sites (N-methyl/N-ethyl adjacent to an activating group) is 1. The van der Waals surface area contributed by atoms with E-state index >= 15 is 0 Å². The van der Waals surface area contributed by atoms with Gasteiger partial charge in [-0.3, -0.25) is 24.4 Å². The molecule has 3 rings (SSSR count). The number of thiazole rings is 1. The number of nitrogens with zero attached hydrogens (tertiary/aromatic N) is 2. The van der Waals surface area contributed by atoms with Crippen LogP contribution in [0.15, 0.2) is 52.2 Å². The first-order valence-electron chi connectivity index (χ1n) is 7.88. The summed E-state index contributed by atoms with van der Waals surface area (Å²) in [6.45, 7) is 0. The zero-order chi connectivity index (χ0) is 18.5. The van der Waals surface area contributed by atoms with Crippen molar-refractivity contribution in [2.75, 3.05) is 12.4 Å². The highest BCUT2D eigenvalue weighted by molar-refractivity contribution is 7.11. The lowest BCUT2D eigenvalue weighted by Gasteiger charge is -2.08. The third-order valence-electron chi connectivity index (χ3n) is 3.80. The van der Waals surface area contributed by atoms with Gasteiger partial charge in [-0.1, -0.05) is 12.1 Å². The summed E-state index contributed by atoms with van der Waals surface area (Å²) < 4.78 is 0. The number of hydrogen-bond acceptors (Lipinski definition) is 6. The van der Waals surface area contributed by atoms with E-state index < -0.39 is 0 Å². The lowest BCUT2D eigenvalue weighted by molar-refractivity contribution is -0.118. The number of Topliss-reactive ketones (excluding diaryl/α,β-unsaturated/α-hetero) is 1. The Hall–Kier alpha value is -3.13. The van der Waals surface area contributed by atoms with Gasteiger partial charge in [-0.2, -0.15) is 0 Å². The van der Waals surface area contributed by atoms with Crippen LogP contribution in [0.5, 0.6) is 0 Å². The molecule has 1 aromatic heterocycles. The number of benzene rings is 1. The van der Waals surface area contributed by atoms with Crippen molar-refractivity contribution in [3.05, 3.63) is 57.7 Å². The minimum Gasteiger partial charge on any atom is -0.354 e. The maximum absolute atomic E-state index is 12.4. The smallest absolute Gasteiger partial charge is 0.270 e. The molecule has 0 aliphatic carbocycles. The van der Waals surface area contributed by atoms with Gasteiger partial charge in [0, 0.05) is 38.0 Å². The summed E-state index contributed by atoms with van der Waals surface area (Å²) in [7, 11) is 1.49. The predicted molar refractivity (Wildman–Crippen MR) is 99.4 cm³/mol. The first kappa shape index (κ1) is 17.7. The predicted octanol–water partition coefficient (Wildman–Crippen LogP) is 1.98. The van der Waals surface area contributed by atoms with Crippen molar-refractivity contribution in [2.24, 2.45) is 4.99 Å². The highest BCUT2D eigenvalue weighted by Gasteiger charge is 2.23. The molecular weight excluding hydrogens is 352 g/mol. The molecule has 0 bridgehead atoms.